The molecule has 3 N–H and O–H groups in total. The first-order valence-electron chi connectivity index (χ1n) is 5.48. The molecule has 6 heteroatoms. The Labute approximate surface area is 113 Å². The molecule has 0 spiro atoms. The lowest BCUT2D eigenvalue weighted by molar-refractivity contribution is 0.544. The molecule has 0 saturated carbocycles. The van der Waals surface area contributed by atoms with Crippen LogP contribution in [0.15, 0.2) is 35.1 Å². The number of nitrogens with zero attached hydrogens (tertiary/aromatic N) is 2. The Bertz CT molecular complexity index is 520. The van der Waals surface area contributed by atoms with Gasteiger partial charge in [-0.15, -0.1) is 0 Å². The number of benzene rings is 1. The maximum Gasteiger partial charge on any atom is 0.124 e. The molecule has 1 aromatic carbocycles. The molecule has 18 heavy (non-hydrogen) atoms. The fourth-order valence-corrected chi connectivity index (χ4v) is 2.35. The summed E-state index contributed by atoms with van der Waals surface area (Å²) < 4.78 is 15.8. The van der Waals surface area contributed by atoms with Gasteiger partial charge in [0, 0.05) is 17.7 Å². The highest BCUT2D eigenvalue weighted by molar-refractivity contribution is 9.10. The van der Waals surface area contributed by atoms with Crippen LogP contribution >= 0.6 is 15.9 Å². The Morgan fingerprint density at radius 1 is 1.50 bits per heavy atom. The smallest absolute Gasteiger partial charge is 0.124 e. The lowest BCUT2D eigenvalue weighted by Gasteiger charge is -2.16. The second-order valence-corrected chi connectivity index (χ2v) is 5.06. The van der Waals surface area contributed by atoms with E-state index in [4.69, 9.17) is 5.84 Å². The summed E-state index contributed by atoms with van der Waals surface area (Å²) in [5.74, 6) is 5.26. The molecular formula is C12H14BrFN4. The second-order valence-electron chi connectivity index (χ2n) is 4.15. The molecule has 4 nitrogen and oxygen atoms in total. The lowest BCUT2D eigenvalue weighted by Crippen LogP contribution is -2.29. The number of hydrazine groups is 1. The first kappa shape index (κ1) is 13.2. The van der Waals surface area contributed by atoms with Crippen molar-refractivity contribution in [3.8, 4) is 0 Å². The van der Waals surface area contributed by atoms with Crippen LogP contribution < -0.4 is 11.3 Å². The van der Waals surface area contributed by atoms with Gasteiger partial charge in [-0.1, -0.05) is 15.9 Å². The lowest BCUT2D eigenvalue weighted by atomic mass is 10.0. The van der Waals surface area contributed by atoms with E-state index in [2.05, 4.69) is 26.5 Å². The highest BCUT2D eigenvalue weighted by atomic mass is 79.9. The number of nitrogens with two attached hydrogens (primary N) is 1. The summed E-state index contributed by atoms with van der Waals surface area (Å²) in [6, 6.07) is 4.60. The molecule has 1 unspecified atom stereocenters. The van der Waals surface area contributed by atoms with E-state index in [1.165, 1.54) is 12.1 Å². The van der Waals surface area contributed by atoms with Gasteiger partial charge in [0.05, 0.1) is 12.2 Å². The van der Waals surface area contributed by atoms with Crippen LogP contribution in [0.1, 0.15) is 17.2 Å². The van der Waals surface area contributed by atoms with Crippen molar-refractivity contribution in [1.29, 1.82) is 0 Å². The Morgan fingerprint density at radius 3 is 2.83 bits per heavy atom. The molecule has 0 amide bonds. The average Bonchev–Trinajstić information content (AvgIpc) is 2.70. The number of halogens is 2. The standard InChI is InChI=1S/C12H14BrFN4/c1-18-7-8(6-16-18)2-12(17-15)9-3-10(13)5-11(14)4-9/h3-7,12,17H,2,15H2,1H3. The van der Waals surface area contributed by atoms with Crippen molar-refractivity contribution in [1.82, 2.24) is 15.2 Å². The molecule has 1 aromatic heterocycles. The molecule has 0 fully saturated rings. The number of rotatable bonds is 4. The summed E-state index contributed by atoms with van der Waals surface area (Å²) in [6.07, 6.45) is 4.34. The highest BCUT2D eigenvalue weighted by Crippen LogP contribution is 2.22. The zero-order valence-corrected chi connectivity index (χ0v) is 11.5. The van der Waals surface area contributed by atoms with Crippen LogP contribution in [0.5, 0.6) is 0 Å². The predicted octanol–water partition coefficient (Wildman–Crippen LogP) is 2.07. The van der Waals surface area contributed by atoms with Gasteiger partial charge in [0.2, 0.25) is 0 Å². The van der Waals surface area contributed by atoms with E-state index in [0.29, 0.717) is 10.9 Å². The van der Waals surface area contributed by atoms with Crippen molar-refractivity contribution in [3.63, 3.8) is 0 Å². The normalized spacial score (nSPS) is 12.7. The maximum absolute atomic E-state index is 13.4. The zero-order chi connectivity index (χ0) is 13.1. The predicted molar refractivity (Wildman–Crippen MR) is 71.1 cm³/mol. The number of aromatic nitrogens is 2. The van der Waals surface area contributed by atoms with Crippen molar-refractivity contribution in [2.45, 2.75) is 12.5 Å². The van der Waals surface area contributed by atoms with Crippen molar-refractivity contribution >= 4 is 15.9 Å². The van der Waals surface area contributed by atoms with Crippen LogP contribution in [0, 0.1) is 5.82 Å². The Kier molecular flexibility index (Phi) is 4.11. The SMILES string of the molecule is Cn1cc(CC(NN)c2cc(F)cc(Br)c2)cn1. The molecule has 0 saturated heterocycles. The molecule has 2 rings (SSSR count). The van der Waals surface area contributed by atoms with Gasteiger partial charge in [-0.25, -0.2) is 4.39 Å². The van der Waals surface area contributed by atoms with Crippen LogP contribution in [0.4, 0.5) is 4.39 Å². The summed E-state index contributed by atoms with van der Waals surface area (Å²) in [5.41, 5.74) is 4.55. The van der Waals surface area contributed by atoms with Crippen LogP contribution in [0.2, 0.25) is 0 Å². The summed E-state index contributed by atoms with van der Waals surface area (Å²) in [4.78, 5) is 0. The topological polar surface area (TPSA) is 55.9 Å². The third-order valence-corrected chi connectivity index (χ3v) is 3.14. The van der Waals surface area contributed by atoms with Gasteiger partial charge in [-0.05, 0) is 35.7 Å². The molecule has 0 aliphatic carbocycles. The van der Waals surface area contributed by atoms with Gasteiger partial charge < -0.3 is 0 Å². The minimum absolute atomic E-state index is 0.152. The van der Waals surface area contributed by atoms with Crippen molar-refractivity contribution < 1.29 is 4.39 Å². The van der Waals surface area contributed by atoms with Crippen LogP contribution in [0.3, 0.4) is 0 Å². The molecule has 0 bridgehead atoms. The van der Waals surface area contributed by atoms with E-state index in [9.17, 15) is 4.39 Å². The summed E-state index contributed by atoms with van der Waals surface area (Å²) in [6.45, 7) is 0. The van der Waals surface area contributed by atoms with Gasteiger partial charge in [0.1, 0.15) is 5.82 Å². The average molecular weight is 313 g/mol. The Morgan fingerprint density at radius 2 is 2.28 bits per heavy atom. The minimum atomic E-state index is -0.286. The monoisotopic (exact) mass is 312 g/mol. The van der Waals surface area contributed by atoms with Gasteiger partial charge in [-0.2, -0.15) is 5.10 Å². The first-order chi connectivity index (χ1) is 8.58. The van der Waals surface area contributed by atoms with E-state index in [-0.39, 0.29) is 11.9 Å². The third-order valence-electron chi connectivity index (χ3n) is 2.69. The first-order valence-corrected chi connectivity index (χ1v) is 6.27. The number of hydrogen-bond acceptors (Lipinski definition) is 3. The van der Waals surface area contributed by atoms with Crippen molar-refractivity contribution in [3.05, 3.63) is 52.0 Å². The van der Waals surface area contributed by atoms with E-state index in [1.54, 1.807) is 10.9 Å². The van der Waals surface area contributed by atoms with Crippen LogP contribution in [-0.2, 0) is 13.5 Å². The molecular weight excluding hydrogens is 299 g/mol. The molecule has 1 atom stereocenters. The number of hydrogen-bond donors (Lipinski definition) is 2. The molecule has 2 aromatic rings. The number of aryl methyl sites for hydroxylation is 1. The highest BCUT2D eigenvalue weighted by Gasteiger charge is 2.13. The second kappa shape index (κ2) is 5.60. The summed E-state index contributed by atoms with van der Waals surface area (Å²) in [5, 5.41) is 4.10. The Balaban J connectivity index is 2.22. The quantitative estimate of drug-likeness (QED) is 0.671. The third kappa shape index (κ3) is 3.16. The minimum Gasteiger partial charge on any atom is -0.276 e. The molecule has 1 heterocycles. The van der Waals surface area contributed by atoms with Crippen molar-refractivity contribution in [2.24, 2.45) is 12.9 Å². The zero-order valence-electron chi connectivity index (χ0n) is 9.90. The fraction of sp³-hybridized carbons (Fsp3) is 0.250. The van der Waals surface area contributed by atoms with Gasteiger partial charge in [0.25, 0.3) is 0 Å². The van der Waals surface area contributed by atoms with Gasteiger partial charge in [-0.3, -0.25) is 16.0 Å². The van der Waals surface area contributed by atoms with E-state index in [1.807, 2.05) is 19.3 Å². The summed E-state index contributed by atoms with van der Waals surface area (Å²) >= 11 is 3.27. The van der Waals surface area contributed by atoms with E-state index in [0.717, 1.165) is 11.1 Å². The number of nitrogens with one attached hydrogen (secondary N) is 1. The van der Waals surface area contributed by atoms with Crippen LogP contribution in [-0.4, -0.2) is 9.78 Å². The van der Waals surface area contributed by atoms with E-state index >= 15 is 0 Å². The van der Waals surface area contributed by atoms with Gasteiger partial charge >= 0.3 is 0 Å². The molecule has 0 aliphatic heterocycles. The van der Waals surface area contributed by atoms with Crippen LogP contribution in [0.25, 0.3) is 0 Å². The maximum atomic E-state index is 13.4. The summed E-state index contributed by atoms with van der Waals surface area (Å²) in [7, 11) is 1.85. The van der Waals surface area contributed by atoms with Gasteiger partial charge in [0.15, 0.2) is 0 Å². The molecule has 96 valence electrons. The molecule has 0 radical (unpaired) electrons. The Hall–Kier alpha value is -1.24. The largest absolute Gasteiger partial charge is 0.276 e. The van der Waals surface area contributed by atoms with Crippen molar-refractivity contribution in [2.75, 3.05) is 0 Å². The fourth-order valence-electron chi connectivity index (χ4n) is 1.86. The molecule has 0 aliphatic rings. The van der Waals surface area contributed by atoms with E-state index < -0.39 is 0 Å².